The van der Waals surface area contributed by atoms with Gasteiger partial charge in [0.15, 0.2) is 0 Å². The molecule has 29 heavy (non-hydrogen) atoms. The summed E-state index contributed by atoms with van der Waals surface area (Å²) in [6.07, 6.45) is 4.40. The van der Waals surface area contributed by atoms with Crippen molar-refractivity contribution in [1.82, 2.24) is 15.3 Å². The molecule has 2 bridgehead atoms. The van der Waals surface area contributed by atoms with Gasteiger partial charge < -0.3 is 15.4 Å². The minimum atomic E-state index is -0.586. The van der Waals surface area contributed by atoms with Crippen LogP contribution in [-0.2, 0) is 11.3 Å². The third kappa shape index (κ3) is 3.95. The first kappa shape index (κ1) is 19.4. The summed E-state index contributed by atoms with van der Waals surface area (Å²) in [6.45, 7) is 0.206. The summed E-state index contributed by atoms with van der Waals surface area (Å²) in [5.74, 6) is 0.111. The average Bonchev–Trinajstić information content (AvgIpc) is 3.22. The molecular formula is C19H20ClN5O4. The van der Waals surface area contributed by atoms with Gasteiger partial charge >= 0.3 is 11.8 Å². The molecule has 2 N–H and O–H groups in total. The Labute approximate surface area is 172 Å². The van der Waals surface area contributed by atoms with E-state index in [1.54, 1.807) is 0 Å². The van der Waals surface area contributed by atoms with Crippen LogP contribution in [0.4, 0.5) is 16.3 Å². The van der Waals surface area contributed by atoms with Gasteiger partial charge in [-0.2, -0.15) is 0 Å². The number of rotatable bonds is 6. The molecule has 1 aromatic carbocycles. The lowest BCUT2D eigenvalue weighted by atomic mass is 9.91. The fourth-order valence-electron chi connectivity index (χ4n) is 4.38. The van der Waals surface area contributed by atoms with E-state index in [0.717, 1.165) is 31.2 Å². The van der Waals surface area contributed by atoms with Gasteiger partial charge in [-0.3, -0.25) is 10.1 Å². The monoisotopic (exact) mass is 417 g/mol. The predicted molar refractivity (Wildman–Crippen MR) is 106 cm³/mol. The van der Waals surface area contributed by atoms with Crippen LogP contribution in [0.2, 0.25) is 5.15 Å². The molecule has 0 unspecified atom stereocenters. The van der Waals surface area contributed by atoms with Gasteiger partial charge in [-0.1, -0.05) is 41.9 Å². The number of nitro groups is 1. The lowest BCUT2D eigenvalue weighted by molar-refractivity contribution is -0.384. The van der Waals surface area contributed by atoms with Gasteiger partial charge in [0.05, 0.1) is 4.92 Å². The maximum absolute atomic E-state index is 12.3. The van der Waals surface area contributed by atoms with Gasteiger partial charge in [0.25, 0.3) is 0 Å². The molecule has 0 spiro atoms. The van der Waals surface area contributed by atoms with E-state index in [2.05, 4.69) is 20.6 Å². The second-order valence-electron chi connectivity index (χ2n) is 7.67. The number of fused-ring (bicyclic) bond motifs is 2. The molecule has 2 fully saturated rings. The maximum Gasteiger partial charge on any atom is 0.407 e. The van der Waals surface area contributed by atoms with Crippen LogP contribution in [0.25, 0.3) is 0 Å². The average molecular weight is 418 g/mol. The zero-order valence-electron chi connectivity index (χ0n) is 15.6. The largest absolute Gasteiger partial charge is 0.445 e. The summed E-state index contributed by atoms with van der Waals surface area (Å²) in [6, 6.07) is 9.47. The Kier molecular flexibility index (Phi) is 4.99. The molecule has 152 valence electrons. The third-order valence-corrected chi connectivity index (χ3v) is 6.04. The fraction of sp³-hybridized carbons (Fsp3) is 0.421. The summed E-state index contributed by atoms with van der Waals surface area (Å²) in [7, 11) is 0. The predicted octanol–water partition coefficient (Wildman–Crippen LogP) is 3.83. The second-order valence-corrected chi connectivity index (χ2v) is 8.03. The lowest BCUT2D eigenvalue weighted by Gasteiger charge is -2.29. The number of benzene rings is 1. The molecule has 0 aliphatic heterocycles. The van der Waals surface area contributed by atoms with Gasteiger partial charge in [-0.25, -0.2) is 14.8 Å². The van der Waals surface area contributed by atoms with Gasteiger partial charge in [-0.05, 0) is 37.7 Å². The molecule has 2 aliphatic carbocycles. The summed E-state index contributed by atoms with van der Waals surface area (Å²) >= 11 is 5.88. The molecule has 0 atom stereocenters. The van der Waals surface area contributed by atoms with Crippen LogP contribution in [0.15, 0.2) is 36.7 Å². The van der Waals surface area contributed by atoms with Crippen molar-refractivity contribution < 1.29 is 14.5 Å². The van der Waals surface area contributed by atoms with Crippen molar-refractivity contribution in [1.29, 1.82) is 0 Å². The number of hydrogen-bond donors (Lipinski definition) is 2. The standard InChI is InChI=1S/C19H20ClN5O4/c20-15-14(25(27)28)16(22-12-21-15)23-18-6-8-19(11-18,9-7-18)24-17(26)29-10-13-4-2-1-3-5-13/h1-5,12H,6-11H2,(H,24,26)(H,21,22,23). The number of halogens is 1. The highest BCUT2D eigenvalue weighted by molar-refractivity contribution is 6.31. The molecule has 1 heterocycles. The van der Waals surface area contributed by atoms with Crippen LogP contribution in [0.5, 0.6) is 0 Å². The maximum atomic E-state index is 12.3. The second kappa shape index (κ2) is 7.47. The van der Waals surface area contributed by atoms with Crippen LogP contribution in [0.3, 0.4) is 0 Å². The van der Waals surface area contributed by atoms with Crippen molar-refractivity contribution in [2.75, 3.05) is 5.32 Å². The molecule has 0 saturated heterocycles. The first-order chi connectivity index (χ1) is 13.9. The van der Waals surface area contributed by atoms with Crippen LogP contribution in [-0.4, -0.2) is 32.1 Å². The van der Waals surface area contributed by atoms with E-state index < -0.39 is 11.0 Å². The number of nitrogens with one attached hydrogen (secondary N) is 2. The number of aromatic nitrogens is 2. The van der Waals surface area contributed by atoms with Crippen LogP contribution >= 0.6 is 11.6 Å². The molecule has 2 aromatic rings. The van der Waals surface area contributed by atoms with Crippen LogP contribution in [0.1, 0.15) is 37.7 Å². The van der Waals surface area contributed by atoms with Crippen molar-refractivity contribution in [3.05, 3.63) is 57.5 Å². The van der Waals surface area contributed by atoms with Crippen molar-refractivity contribution in [3.63, 3.8) is 0 Å². The molecule has 4 rings (SSSR count). The Morgan fingerprint density at radius 2 is 1.86 bits per heavy atom. The number of carbonyl (C=O) groups is 1. The number of hydrogen-bond acceptors (Lipinski definition) is 7. The molecule has 2 saturated carbocycles. The molecule has 1 amide bonds. The molecular weight excluding hydrogens is 398 g/mol. The van der Waals surface area contributed by atoms with Gasteiger partial charge in [-0.15, -0.1) is 0 Å². The van der Waals surface area contributed by atoms with Gasteiger partial charge in [0.2, 0.25) is 11.0 Å². The number of amides is 1. The van der Waals surface area contributed by atoms with Crippen molar-refractivity contribution in [3.8, 4) is 0 Å². The smallest absolute Gasteiger partial charge is 0.407 e. The first-order valence-corrected chi connectivity index (χ1v) is 9.70. The molecule has 1 aromatic heterocycles. The van der Waals surface area contributed by atoms with Crippen LogP contribution < -0.4 is 10.6 Å². The Morgan fingerprint density at radius 3 is 2.55 bits per heavy atom. The Bertz CT molecular complexity index is 931. The summed E-state index contributed by atoms with van der Waals surface area (Å²) < 4.78 is 5.36. The van der Waals surface area contributed by atoms with Crippen LogP contribution in [0, 0.1) is 10.1 Å². The highest BCUT2D eigenvalue weighted by atomic mass is 35.5. The van der Waals surface area contributed by atoms with E-state index in [1.165, 1.54) is 6.33 Å². The first-order valence-electron chi connectivity index (χ1n) is 9.32. The summed E-state index contributed by atoms with van der Waals surface area (Å²) in [5.41, 5.74) is -0.174. The fourth-order valence-corrected chi connectivity index (χ4v) is 4.59. The Hall–Kier alpha value is -2.94. The molecule has 2 aliphatic rings. The Morgan fingerprint density at radius 1 is 1.17 bits per heavy atom. The third-order valence-electron chi connectivity index (χ3n) is 5.76. The van der Waals surface area contributed by atoms with Gasteiger partial charge in [0, 0.05) is 11.1 Å². The van der Waals surface area contributed by atoms with E-state index in [4.69, 9.17) is 16.3 Å². The topological polar surface area (TPSA) is 119 Å². The highest BCUT2D eigenvalue weighted by Crippen LogP contribution is 2.52. The number of nitrogens with zero attached hydrogens (tertiary/aromatic N) is 3. The summed E-state index contributed by atoms with van der Waals surface area (Å²) in [5, 5.41) is 17.4. The highest BCUT2D eigenvalue weighted by Gasteiger charge is 2.56. The number of anilines is 1. The Balaban J connectivity index is 1.41. The van der Waals surface area contributed by atoms with Crippen molar-refractivity contribution in [2.24, 2.45) is 0 Å². The zero-order valence-corrected chi connectivity index (χ0v) is 16.3. The van der Waals surface area contributed by atoms with Crippen molar-refractivity contribution >= 4 is 29.2 Å². The minimum absolute atomic E-state index is 0.111. The number of ether oxygens (including phenoxy) is 1. The van der Waals surface area contributed by atoms with Gasteiger partial charge in [0.1, 0.15) is 12.9 Å². The van der Waals surface area contributed by atoms with E-state index in [1.807, 2.05) is 30.3 Å². The van der Waals surface area contributed by atoms with E-state index >= 15 is 0 Å². The van der Waals surface area contributed by atoms with Crippen molar-refractivity contribution in [2.45, 2.75) is 49.8 Å². The number of carbonyl (C=O) groups excluding carboxylic acids is 1. The molecule has 0 radical (unpaired) electrons. The minimum Gasteiger partial charge on any atom is -0.445 e. The number of alkyl carbamates (subject to hydrolysis) is 1. The van der Waals surface area contributed by atoms with E-state index in [-0.39, 0.29) is 34.3 Å². The normalized spacial score (nSPS) is 24.9. The molecule has 9 nitrogen and oxygen atoms in total. The van der Waals surface area contributed by atoms with E-state index in [0.29, 0.717) is 6.42 Å². The summed E-state index contributed by atoms with van der Waals surface area (Å²) in [4.78, 5) is 30.8. The quantitative estimate of drug-likeness (QED) is 0.416. The van der Waals surface area contributed by atoms with E-state index in [9.17, 15) is 14.9 Å². The zero-order chi connectivity index (χ0) is 20.5. The molecule has 10 heteroatoms. The SMILES string of the molecule is O=C(NC12CCC(Nc3ncnc(Cl)c3[N+](=O)[O-])(CC1)C2)OCc1ccccc1. The lowest BCUT2D eigenvalue weighted by Crippen LogP contribution is -2.45.